The van der Waals surface area contributed by atoms with Crippen LogP contribution in [0.25, 0.3) is 0 Å². The first kappa shape index (κ1) is 13.7. The highest BCUT2D eigenvalue weighted by molar-refractivity contribution is 7.98. The predicted molar refractivity (Wildman–Crippen MR) is 66.1 cm³/mol. The van der Waals surface area contributed by atoms with Gasteiger partial charge >= 0.3 is 0 Å². The maximum atomic E-state index is 5.51. The van der Waals surface area contributed by atoms with E-state index >= 15 is 0 Å². The largest absolute Gasteiger partial charge is 0.381 e. The van der Waals surface area contributed by atoms with Crippen molar-refractivity contribution in [3.8, 4) is 0 Å². The van der Waals surface area contributed by atoms with Crippen molar-refractivity contribution in [2.24, 2.45) is 0 Å². The van der Waals surface area contributed by atoms with Gasteiger partial charge in [-0.1, -0.05) is 0 Å². The van der Waals surface area contributed by atoms with Crippen LogP contribution in [0.15, 0.2) is 0 Å². The van der Waals surface area contributed by atoms with Gasteiger partial charge in [-0.3, -0.25) is 0 Å². The number of thioether (sulfide) groups is 2. The number of hydrogen-bond acceptors (Lipinski definition) is 3. The third kappa shape index (κ3) is 12.7. The summed E-state index contributed by atoms with van der Waals surface area (Å²) in [5, 5.41) is 0. The predicted octanol–water partition coefficient (Wildman–Crippen LogP) is 3.29. The van der Waals surface area contributed by atoms with Gasteiger partial charge in [0, 0.05) is 13.2 Å². The maximum Gasteiger partial charge on any atom is 0.0466 e. The zero-order valence-electron chi connectivity index (χ0n) is 8.88. The van der Waals surface area contributed by atoms with Crippen molar-refractivity contribution in [1.29, 1.82) is 0 Å². The fraction of sp³-hybridized carbons (Fsp3) is 1.00. The van der Waals surface area contributed by atoms with Gasteiger partial charge in [-0.2, -0.15) is 23.5 Å². The Bertz CT molecular complexity index is 79.0. The Kier molecular flexibility index (Phi) is 13.3. The van der Waals surface area contributed by atoms with Gasteiger partial charge in [0.1, 0.15) is 0 Å². The molecule has 0 fully saturated rings. The van der Waals surface area contributed by atoms with Gasteiger partial charge in [0.05, 0.1) is 0 Å². The van der Waals surface area contributed by atoms with Crippen molar-refractivity contribution in [3.63, 3.8) is 0 Å². The zero-order valence-corrected chi connectivity index (χ0v) is 10.5. The van der Waals surface area contributed by atoms with E-state index in [1.807, 2.05) is 23.5 Å². The van der Waals surface area contributed by atoms with Gasteiger partial charge in [-0.25, -0.2) is 0 Å². The molecule has 13 heavy (non-hydrogen) atoms. The van der Waals surface area contributed by atoms with E-state index in [1.165, 1.54) is 37.2 Å². The first-order valence-electron chi connectivity index (χ1n) is 4.97. The number of ether oxygens (including phenoxy) is 1. The van der Waals surface area contributed by atoms with Crippen molar-refractivity contribution in [2.45, 2.75) is 25.7 Å². The van der Waals surface area contributed by atoms with Crippen LogP contribution in [0.4, 0.5) is 0 Å². The van der Waals surface area contributed by atoms with Crippen LogP contribution < -0.4 is 0 Å². The van der Waals surface area contributed by atoms with E-state index in [0.29, 0.717) is 0 Å². The second-order valence-corrected chi connectivity index (χ2v) is 4.98. The molecule has 0 aliphatic rings. The molecule has 0 aromatic heterocycles. The monoisotopic (exact) mass is 222 g/mol. The van der Waals surface area contributed by atoms with Gasteiger partial charge in [-0.05, 0) is 49.7 Å². The summed E-state index contributed by atoms with van der Waals surface area (Å²) in [5.41, 5.74) is 0. The molecule has 0 amide bonds. The summed E-state index contributed by atoms with van der Waals surface area (Å²) in [6.45, 7) is 1.92. The smallest absolute Gasteiger partial charge is 0.0466 e. The lowest BCUT2D eigenvalue weighted by Gasteiger charge is -2.02. The van der Waals surface area contributed by atoms with Crippen LogP contribution in [0.1, 0.15) is 25.7 Å². The van der Waals surface area contributed by atoms with E-state index in [1.54, 1.807) is 0 Å². The van der Waals surface area contributed by atoms with Crippen LogP contribution in [0.3, 0.4) is 0 Å². The Labute approximate surface area is 91.4 Å². The zero-order chi connectivity index (χ0) is 9.78. The molecule has 0 aliphatic carbocycles. The minimum atomic E-state index is 0.958. The Morgan fingerprint density at radius 2 is 1.23 bits per heavy atom. The second-order valence-electron chi connectivity index (χ2n) is 3.01. The average Bonchev–Trinajstić information content (AvgIpc) is 2.16. The van der Waals surface area contributed by atoms with E-state index in [0.717, 1.165) is 13.2 Å². The van der Waals surface area contributed by atoms with Crippen LogP contribution in [-0.2, 0) is 4.74 Å². The minimum Gasteiger partial charge on any atom is -0.381 e. The maximum absolute atomic E-state index is 5.51. The van der Waals surface area contributed by atoms with Crippen molar-refractivity contribution >= 4 is 23.5 Å². The number of unbranched alkanes of at least 4 members (excludes halogenated alkanes) is 2. The molecule has 0 radical (unpaired) electrons. The third-order valence-electron chi connectivity index (χ3n) is 1.77. The average molecular weight is 222 g/mol. The summed E-state index contributed by atoms with van der Waals surface area (Å²) >= 11 is 3.84. The van der Waals surface area contributed by atoms with Crippen LogP contribution in [-0.4, -0.2) is 37.2 Å². The quantitative estimate of drug-likeness (QED) is 0.525. The highest BCUT2D eigenvalue weighted by Gasteiger charge is 1.90. The molecule has 0 heterocycles. The van der Waals surface area contributed by atoms with Crippen LogP contribution >= 0.6 is 23.5 Å². The Hall–Kier alpha value is 0.660. The molecule has 0 aliphatic heterocycles. The van der Waals surface area contributed by atoms with Gasteiger partial charge in [0.15, 0.2) is 0 Å². The normalized spacial score (nSPS) is 10.6. The summed E-state index contributed by atoms with van der Waals surface area (Å²) in [6, 6.07) is 0. The van der Waals surface area contributed by atoms with E-state index in [4.69, 9.17) is 4.74 Å². The summed E-state index contributed by atoms with van der Waals surface area (Å²) < 4.78 is 5.51. The molecule has 0 aromatic rings. The topological polar surface area (TPSA) is 9.23 Å². The van der Waals surface area contributed by atoms with Gasteiger partial charge in [-0.15, -0.1) is 0 Å². The highest BCUT2D eigenvalue weighted by atomic mass is 32.2. The molecule has 0 atom stereocenters. The first-order chi connectivity index (χ1) is 6.41. The number of rotatable bonds is 10. The Balaban J connectivity index is 2.76. The molecule has 3 heteroatoms. The van der Waals surface area contributed by atoms with E-state index < -0.39 is 0 Å². The standard InChI is InChI=1S/C10H22OS2/c1-12-9-5-3-7-11-8-4-6-10-13-2/h3-10H2,1-2H3. The van der Waals surface area contributed by atoms with Gasteiger partial charge in [0.25, 0.3) is 0 Å². The molecule has 0 aromatic carbocycles. The molecule has 0 saturated heterocycles. The molecule has 0 rings (SSSR count). The SMILES string of the molecule is CSCCCCOCCCCSC. The van der Waals surface area contributed by atoms with Crippen molar-refractivity contribution in [2.75, 3.05) is 37.2 Å². The lowest BCUT2D eigenvalue weighted by molar-refractivity contribution is 0.129. The molecule has 80 valence electrons. The summed E-state index contributed by atoms with van der Waals surface area (Å²) in [6.07, 6.45) is 9.36. The molecule has 1 nitrogen and oxygen atoms in total. The molecular formula is C10H22OS2. The van der Waals surface area contributed by atoms with Crippen LogP contribution in [0.5, 0.6) is 0 Å². The molecule has 0 saturated carbocycles. The van der Waals surface area contributed by atoms with E-state index in [9.17, 15) is 0 Å². The molecule has 0 N–H and O–H groups in total. The molecular weight excluding hydrogens is 200 g/mol. The molecule has 0 spiro atoms. The fourth-order valence-electron chi connectivity index (χ4n) is 1.00. The lowest BCUT2D eigenvalue weighted by Crippen LogP contribution is -1.98. The van der Waals surface area contributed by atoms with Crippen molar-refractivity contribution < 1.29 is 4.74 Å². The second kappa shape index (κ2) is 12.7. The van der Waals surface area contributed by atoms with Crippen molar-refractivity contribution in [3.05, 3.63) is 0 Å². The van der Waals surface area contributed by atoms with Crippen molar-refractivity contribution in [1.82, 2.24) is 0 Å². The fourth-order valence-corrected chi connectivity index (χ4v) is 1.99. The Morgan fingerprint density at radius 3 is 1.62 bits per heavy atom. The summed E-state index contributed by atoms with van der Waals surface area (Å²) in [5.74, 6) is 2.55. The van der Waals surface area contributed by atoms with E-state index in [-0.39, 0.29) is 0 Å². The minimum absolute atomic E-state index is 0.958. The van der Waals surface area contributed by atoms with E-state index in [2.05, 4.69) is 12.5 Å². The third-order valence-corrected chi connectivity index (χ3v) is 3.17. The van der Waals surface area contributed by atoms with Gasteiger partial charge < -0.3 is 4.74 Å². The first-order valence-corrected chi connectivity index (χ1v) is 7.76. The summed E-state index contributed by atoms with van der Waals surface area (Å²) in [7, 11) is 0. The van der Waals surface area contributed by atoms with Crippen LogP contribution in [0, 0.1) is 0 Å². The lowest BCUT2D eigenvalue weighted by atomic mass is 10.3. The van der Waals surface area contributed by atoms with Gasteiger partial charge in [0.2, 0.25) is 0 Å². The number of hydrogen-bond donors (Lipinski definition) is 0. The summed E-state index contributed by atoms with van der Waals surface area (Å²) in [4.78, 5) is 0. The Morgan fingerprint density at radius 1 is 0.769 bits per heavy atom. The highest BCUT2D eigenvalue weighted by Crippen LogP contribution is 2.01. The molecule has 0 unspecified atom stereocenters. The molecule has 0 bridgehead atoms. The van der Waals surface area contributed by atoms with Crippen LogP contribution in [0.2, 0.25) is 0 Å².